The lowest BCUT2D eigenvalue weighted by Gasteiger charge is -2.37. The van der Waals surface area contributed by atoms with Crippen molar-refractivity contribution in [2.75, 3.05) is 19.6 Å². The molecule has 30 heavy (non-hydrogen) atoms. The minimum Gasteiger partial charge on any atom is -0.465 e. The lowest BCUT2D eigenvalue weighted by Crippen LogP contribution is -2.46. The Kier molecular flexibility index (Phi) is 7.51. The van der Waals surface area contributed by atoms with Crippen LogP contribution in [0.3, 0.4) is 0 Å². The number of benzene rings is 2. The molecule has 2 aromatic rings. The number of piperidine rings is 1. The Bertz CT molecular complexity index is 957. The average Bonchev–Trinajstić information content (AvgIpc) is 2.72. The molecule has 0 bridgehead atoms. The minimum atomic E-state index is -3.71. The maximum absolute atomic E-state index is 11.5. The monoisotopic (exact) mass is 495 g/mol. The molecule has 0 saturated carbocycles. The van der Waals surface area contributed by atoms with E-state index in [2.05, 4.69) is 33.0 Å². The fraction of sp³-hybridized carbons (Fsp3) is 0.381. The fourth-order valence-electron chi connectivity index (χ4n) is 3.76. The molecule has 162 valence electrons. The van der Waals surface area contributed by atoms with Crippen LogP contribution >= 0.6 is 15.9 Å². The van der Waals surface area contributed by atoms with Crippen molar-refractivity contribution >= 4 is 32.0 Å². The second-order valence-corrected chi connectivity index (χ2v) is 10.0. The molecule has 0 atom stereocenters. The van der Waals surface area contributed by atoms with E-state index in [1.165, 1.54) is 22.6 Å². The quantitative estimate of drug-likeness (QED) is 0.613. The van der Waals surface area contributed by atoms with Crippen molar-refractivity contribution in [3.05, 3.63) is 64.1 Å². The summed E-state index contributed by atoms with van der Waals surface area (Å²) in [4.78, 5) is 15.2. The summed E-state index contributed by atoms with van der Waals surface area (Å²) in [5.41, 5.74) is 2.23. The zero-order valence-corrected chi connectivity index (χ0v) is 19.0. The molecule has 1 saturated heterocycles. The van der Waals surface area contributed by atoms with Crippen LogP contribution < -0.4 is 5.14 Å². The van der Waals surface area contributed by atoms with Crippen molar-refractivity contribution in [3.8, 4) is 0 Å². The van der Waals surface area contributed by atoms with Crippen molar-refractivity contribution in [1.29, 1.82) is 0 Å². The molecular formula is C21H26BrN3O4S. The predicted octanol–water partition coefficient (Wildman–Crippen LogP) is 3.28. The Balaban J connectivity index is 1.71. The van der Waals surface area contributed by atoms with E-state index in [1.54, 1.807) is 12.1 Å². The molecule has 9 heteroatoms. The van der Waals surface area contributed by atoms with Gasteiger partial charge in [0.15, 0.2) is 0 Å². The van der Waals surface area contributed by atoms with E-state index < -0.39 is 16.1 Å². The molecule has 7 nitrogen and oxygen atoms in total. The molecule has 3 N–H and O–H groups in total. The summed E-state index contributed by atoms with van der Waals surface area (Å²) in [7, 11) is -3.71. The van der Waals surface area contributed by atoms with Gasteiger partial charge in [0.25, 0.3) is 0 Å². The summed E-state index contributed by atoms with van der Waals surface area (Å²) in [5.74, 6) is 0. The SMILES string of the molecule is NS(=O)(=O)c1ccc(CN(CCc2ccc(Br)cc2)C2CCN(C(=O)O)CC2)cc1. The summed E-state index contributed by atoms with van der Waals surface area (Å²) >= 11 is 3.45. The highest BCUT2D eigenvalue weighted by atomic mass is 79.9. The van der Waals surface area contributed by atoms with Crippen LogP contribution in [0.2, 0.25) is 0 Å². The number of carboxylic acid groups (broad SMARTS) is 1. The van der Waals surface area contributed by atoms with Gasteiger partial charge >= 0.3 is 6.09 Å². The number of primary sulfonamides is 1. The minimum absolute atomic E-state index is 0.0995. The molecule has 0 radical (unpaired) electrons. The lowest BCUT2D eigenvalue weighted by molar-refractivity contribution is 0.0917. The molecular weight excluding hydrogens is 470 g/mol. The largest absolute Gasteiger partial charge is 0.465 e. The van der Waals surface area contributed by atoms with Crippen LogP contribution in [-0.4, -0.2) is 55.1 Å². The summed E-state index contributed by atoms with van der Waals surface area (Å²) in [6.07, 6.45) is 1.57. The molecule has 1 heterocycles. The summed E-state index contributed by atoms with van der Waals surface area (Å²) in [5, 5.41) is 14.4. The topological polar surface area (TPSA) is 104 Å². The molecule has 1 aliphatic rings. The van der Waals surface area contributed by atoms with Gasteiger partial charge < -0.3 is 10.0 Å². The molecule has 3 rings (SSSR count). The van der Waals surface area contributed by atoms with E-state index >= 15 is 0 Å². The van der Waals surface area contributed by atoms with Crippen molar-refractivity contribution in [1.82, 2.24) is 9.80 Å². The van der Waals surface area contributed by atoms with Gasteiger partial charge in [0.2, 0.25) is 10.0 Å². The number of amides is 1. The molecule has 1 aliphatic heterocycles. The highest BCUT2D eigenvalue weighted by molar-refractivity contribution is 9.10. The second-order valence-electron chi connectivity index (χ2n) is 7.54. The van der Waals surface area contributed by atoms with E-state index in [0.717, 1.165) is 35.8 Å². The first kappa shape index (κ1) is 22.7. The Hall–Kier alpha value is -1.94. The van der Waals surface area contributed by atoms with E-state index in [1.807, 2.05) is 12.1 Å². The van der Waals surface area contributed by atoms with Gasteiger partial charge in [-0.2, -0.15) is 0 Å². The molecule has 0 spiro atoms. The Morgan fingerprint density at radius 1 is 1.07 bits per heavy atom. The van der Waals surface area contributed by atoms with Crippen LogP contribution in [-0.2, 0) is 23.0 Å². The molecule has 0 aliphatic carbocycles. The number of rotatable bonds is 7. The second kappa shape index (κ2) is 9.91. The zero-order valence-electron chi connectivity index (χ0n) is 16.6. The first-order valence-electron chi connectivity index (χ1n) is 9.80. The van der Waals surface area contributed by atoms with Gasteiger partial charge in [-0.05, 0) is 54.7 Å². The number of nitrogens with zero attached hydrogens (tertiary/aromatic N) is 2. The molecule has 0 unspecified atom stereocenters. The van der Waals surface area contributed by atoms with Gasteiger partial charge in [-0.1, -0.05) is 40.2 Å². The third kappa shape index (κ3) is 6.28. The maximum atomic E-state index is 11.5. The van der Waals surface area contributed by atoms with Gasteiger partial charge in [0.1, 0.15) is 0 Å². The van der Waals surface area contributed by atoms with E-state index in [9.17, 15) is 18.3 Å². The first-order valence-corrected chi connectivity index (χ1v) is 12.1. The highest BCUT2D eigenvalue weighted by Crippen LogP contribution is 2.21. The van der Waals surface area contributed by atoms with Crippen LogP contribution in [0, 0.1) is 0 Å². The molecule has 2 aromatic carbocycles. The standard InChI is InChI=1S/C21H26BrN3O4S/c22-18-5-1-16(2-6-18)9-12-25(19-10-13-24(14-11-19)21(26)27)15-17-3-7-20(8-4-17)30(23,28)29/h1-8,19H,9-15H2,(H,26,27)(H2,23,28,29). The maximum Gasteiger partial charge on any atom is 0.407 e. The number of halogens is 1. The molecule has 0 aromatic heterocycles. The van der Waals surface area contributed by atoms with Crippen LogP contribution in [0.15, 0.2) is 57.9 Å². The number of nitrogens with two attached hydrogens (primary N) is 1. The third-order valence-electron chi connectivity index (χ3n) is 5.49. The molecule has 1 fully saturated rings. The van der Waals surface area contributed by atoms with Gasteiger partial charge in [0, 0.05) is 36.7 Å². The van der Waals surface area contributed by atoms with Gasteiger partial charge in [0.05, 0.1) is 4.90 Å². The number of likely N-dealkylation sites (tertiary alicyclic amines) is 1. The van der Waals surface area contributed by atoms with E-state index in [0.29, 0.717) is 19.6 Å². The van der Waals surface area contributed by atoms with E-state index in [4.69, 9.17) is 5.14 Å². The van der Waals surface area contributed by atoms with E-state index in [-0.39, 0.29) is 10.9 Å². The number of carbonyl (C=O) groups is 1. The summed E-state index contributed by atoms with van der Waals surface area (Å²) in [6.45, 7) is 2.55. The van der Waals surface area contributed by atoms with Crippen LogP contribution in [0.1, 0.15) is 24.0 Å². The van der Waals surface area contributed by atoms with Gasteiger partial charge in [-0.25, -0.2) is 18.4 Å². The van der Waals surface area contributed by atoms with Crippen molar-refractivity contribution in [2.45, 2.75) is 36.7 Å². The Morgan fingerprint density at radius 3 is 2.17 bits per heavy atom. The smallest absolute Gasteiger partial charge is 0.407 e. The summed E-state index contributed by atoms with van der Waals surface area (Å²) in [6, 6.07) is 15.2. The normalized spacial score (nSPS) is 15.5. The Morgan fingerprint density at radius 2 is 1.63 bits per heavy atom. The Labute approximate surface area is 185 Å². The van der Waals surface area contributed by atoms with Gasteiger partial charge in [-0.15, -0.1) is 0 Å². The fourth-order valence-corrected chi connectivity index (χ4v) is 4.54. The first-order chi connectivity index (χ1) is 14.2. The average molecular weight is 496 g/mol. The lowest BCUT2D eigenvalue weighted by atomic mass is 10.0. The summed E-state index contributed by atoms with van der Waals surface area (Å²) < 4.78 is 24.0. The number of hydrogen-bond acceptors (Lipinski definition) is 4. The van der Waals surface area contributed by atoms with Crippen molar-refractivity contribution in [2.24, 2.45) is 5.14 Å². The third-order valence-corrected chi connectivity index (χ3v) is 6.95. The zero-order chi connectivity index (χ0) is 21.7. The van der Waals surface area contributed by atoms with Crippen LogP contribution in [0.25, 0.3) is 0 Å². The van der Waals surface area contributed by atoms with Crippen LogP contribution in [0.4, 0.5) is 4.79 Å². The van der Waals surface area contributed by atoms with Crippen LogP contribution in [0.5, 0.6) is 0 Å². The highest BCUT2D eigenvalue weighted by Gasteiger charge is 2.26. The predicted molar refractivity (Wildman–Crippen MR) is 119 cm³/mol. The van der Waals surface area contributed by atoms with Crippen molar-refractivity contribution < 1.29 is 18.3 Å². The number of hydrogen-bond donors (Lipinski definition) is 2. The molecule has 1 amide bonds. The van der Waals surface area contributed by atoms with Gasteiger partial charge in [-0.3, -0.25) is 4.90 Å². The van der Waals surface area contributed by atoms with Crippen molar-refractivity contribution in [3.63, 3.8) is 0 Å². The number of sulfonamides is 1.